The molecule has 1 N–H and O–H groups in total. The molecular formula is C31H42N3O5+. The van der Waals surface area contributed by atoms with Gasteiger partial charge in [0.05, 0.1) is 12.5 Å². The van der Waals surface area contributed by atoms with Crippen LogP contribution in [0.1, 0.15) is 58.4 Å². The van der Waals surface area contributed by atoms with Crippen LogP contribution in [0.5, 0.6) is 11.5 Å². The number of unbranched alkanes of at least 4 members (excludes halogenated alkanes) is 1. The number of hydrogen-bond acceptors (Lipinski definition) is 5. The summed E-state index contributed by atoms with van der Waals surface area (Å²) in [5, 5.41) is 10.5. The number of hydrogen-bond donors (Lipinski definition) is 1. The molecule has 0 radical (unpaired) electrons. The minimum Gasteiger partial charge on any atom is -0.481 e. The molecule has 8 nitrogen and oxygen atoms in total. The van der Waals surface area contributed by atoms with E-state index < -0.39 is 11.9 Å². The van der Waals surface area contributed by atoms with Gasteiger partial charge >= 0.3 is 5.97 Å². The van der Waals surface area contributed by atoms with E-state index in [9.17, 15) is 14.7 Å². The molecule has 2 aromatic rings. The maximum atomic E-state index is 13.9. The Bertz CT molecular complexity index is 1210. The Balaban J connectivity index is 1.68. The van der Waals surface area contributed by atoms with Gasteiger partial charge in [-0.2, -0.15) is 0 Å². The molecule has 1 amide bonds. The molecule has 3 atom stereocenters. The van der Waals surface area contributed by atoms with E-state index in [1.165, 1.54) is 0 Å². The maximum absolute atomic E-state index is 13.9. The number of amides is 1. The molecule has 1 saturated heterocycles. The van der Waals surface area contributed by atoms with Crippen LogP contribution in [0, 0.1) is 11.3 Å². The molecule has 2 aliphatic heterocycles. The summed E-state index contributed by atoms with van der Waals surface area (Å²) in [7, 11) is 1.94. The van der Waals surface area contributed by atoms with Crippen LogP contribution in [-0.4, -0.2) is 54.4 Å². The number of benzene rings is 1. The van der Waals surface area contributed by atoms with Crippen molar-refractivity contribution in [2.75, 3.05) is 31.3 Å². The summed E-state index contributed by atoms with van der Waals surface area (Å²) in [5.74, 6) is -0.495. The van der Waals surface area contributed by atoms with E-state index >= 15 is 0 Å². The fraction of sp³-hybridized carbons (Fsp3) is 0.516. The van der Waals surface area contributed by atoms with Crippen molar-refractivity contribution >= 4 is 17.6 Å². The van der Waals surface area contributed by atoms with Gasteiger partial charge in [-0.3, -0.25) is 14.5 Å². The molecule has 0 unspecified atom stereocenters. The number of ether oxygens (including phenoxy) is 2. The SMILES string of the molecule is CC=CC(C)(C)C[C@H]1[C@H](C(=O)O)[C@@H](c2ccc3c(c2)OCO3)CN1CC(=O)N(CCCC)c1ccc[n+](C)c1. The average molecular weight is 537 g/mol. The first-order chi connectivity index (χ1) is 18.6. The monoisotopic (exact) mass is 536 g/mol. The highest BCUT2D eigenvalue weighted by Gasteiger charge is 2.48. The van der Waals surface area contributed by atoms with Gasteiger partial charge in [0.1, 0.15) is 12.7 Å². The summed E-state index contributed by atoms with van der Waals surface area (Å²) >= 11 is 0. The van der Waals surface area contributed by atoms with Crippen molar-refractivity contribution in [3.8, 4) is 11.5 Å². The number of aryl methyl sites for hydroxylation is 1. The van der Waals surface area contributed by atoms with Crippen LogP contribution in [0.4, 0.5) is 5.69 Å². The number of pyridine rings is 1. The summed E-state index contributed by atoms with van der Waals surface area (Å²) in [6.45, 7) is 9.75. The van der Waals surface area contributed by atoms with E-state index in [0.717, 1.165) is 24.1 Å². The molecule has 0 aliphatic carbocycles. The van der Waals surface area contributed by atoms with Gasteiger partial charge in [0.15, 0.2) is 23.9 Å². The number of carbonyl (C=O) groups is 2. The Morgan fingerprint density at radius 2 is 2.00 bits per heavy atom. The number of likely N-dealkylation sites (tertiary alicyclic amines) is 1. The zero-order chi connectivity index (χ0) is 28.2. The van der Waals surface area contributed by atoms with E-state index in [4.69, 9.17) is 9.47 Å². The van der Waals surface area contributed by atoms with Crippen LogP contribution < -0.4 is 18.9 Å². The number of allylic oxidation sites excluding steroid dienone is 2. The third-order valence-electron chi connectivity index (χ3n) is 7.82. The molecule has 3 heterocycles. The molecule has 8 heteroatoms. The molecule has 0 spiro atoms. The highest BCUT2D eigenvalue weighted by Crippen LogP contribution is 2.45. The van der Waals surface area contributed by atoms with Crippen molar-refractivity contribution in [1.82, 2.24) is 4.90 Å². The standard InChI is InChI=1S/C31H41N3O5/c1-6-8-15-34(23-10-9-14-32(5)18-23)28(35)20-33-19-24(22-11-12-26-27(16-22)39-21-38-26)29(30(36)37)25(33)17-31(3,4)13-7-2/h7,9-14,16,18,24-25,29H,6,8,15,17,19-21H2,1-5H3/p+1/t24-,25+,29-/m1/s1. The van der Waals surface area contributed by atoms with Crippen molar-refractivity contribution in [1.29, 1.82) is 0 Å². The van der Waals surface area contributed by atoms with Crippen LogP contribution in [0.3, 0.4) is 0 Å². The molecule has 4 rings (SSSR count). The molecule has 2 aliphatic rings. The zero-order valence-corrected chi connectivity index (χ0v) is 23.8. The smallest absolute Gasteiger partial charge is 0.308 e. The molecule has 0 saturated carbocycles. The van der Waals surface area contributed by atoms with Crippen LogP contribution >= 0.6 is 0 Å². The van der Waals surface area contributed by atoms with Crippen molar-refractivity contribution < 1.29 is 28.7 Å². The number of rotatable bonds is 11. The number of aliphatic carboxylic acids is 1. The van der Waals surface area contributed by atoms with E-state index in [2.05, 4.69) is 31.7 Å². The average Bonchev–Trinajstić information content (AvgIpc) is 3.48. The van der Waals surface area contributed by atoms with Gasteiger partial charge in [0.2, 0.25) is 12.7 Å². The first kappa shape index (κ1) is 28.6. The lowest BCUT2D eigenvalue weighted by Gasteiger charge is -2.33. The largest absolute Gasteiger partial charge is 0.481 e. The molecule has 39 heavy (non-hydrogen) atoms. The molecule has 1 aromatic heterocycles. The van der Waals surface area contributed by atoms with Gasteiger partial charge in [-0.1, -0.05) is 45.4 Å². The number of carboxylic acids is 1. The van der Waals surface area contributed by atoms with Gasteiger partial charge in [0, 0.05) is 31.1 Å². The summed E-state index contributed by atoms with van der Waals surface area (Å²) in [5.41, 5.74) is 1.52. The molecule has 210 valence electrons. The normalized spacial score (nSPS) is 21.0. The molecule has 1 aromatic carbocycles. The predicted molar refractivity (Wildman–Crippen MR) is 150 cm³/mol. The Hall–Kier alpha value is -3.39. The fourth-order valence-electron chi connectivity index (χ4n) is 5.99. The third kappa shape index (κ3) is 6.61. The highest BCUT2D eigenvalue weighted by molar-refractivity contribution is 5.94. The molecule has 1 fully saturated rings. The minimum absolute atomic E-state index is 0.0148. The lowest BCUT2D eigenvalue weighted by Crippen LogP contribution is -2.46. The van der Waals surface area contributed by atoms with Gasteiger partial charge in [0.25, 0.3) is 0 Å². The summed E-state index contributed by atoms with van der Waals surface area (Å²) < 4.78 is 13.0. The molecular weight excluding hydrogens is 494 g/mol. The maximum Gasteiger partial charge on any atom is 0.308 e. The van der Waals surface area contributed by atoms with E-state index in [-0.39, 0.29) is 36.6 Å². The molecule has 0 bridgehead atoms. The van der Waals surface area contributed by atoms with Crippen molar-refractivity contribution in [2.45, 2.75) is 58.9 Å². The van der Waals surface area contributed by atoms with E-state index in [0.29, 0.717) is 31.0 Å². The second-order valence-electron chi connectivity index (χ2n) is 11.4. The van der Waals surface area contributed by atoms with E-state index in [1.807, 2.05) is 72.2 Å². The summed E-state index contributed by atoms with van der Waals surface area (Å²) in [6.07, 6.45) is 10.5. The quantitative estimate of drug-likeness (QED) is 0.336. The van der Waals surface area contributed by atoms with Gasteiger partial charge in [-0.05, 0) is 48.9 Å². The first-order valence-corrected chi connectivity index (χ1v) is 13.9. The Morgan fingerprint density at radius 1 is 1.23 bits per heavy atom. The second-order valence-corrected chi connectivity index (χ2v) is 11.4. The van der Waals surface area contributed by atoms with Gasteiger partial charge < -0.3 is 19.5 Å². The summed E-state index contributed by atoms with van der Waals surface area (Å²) in [4.78, 5) is 30.7. The first-order valence-electron chi connectivity index (χ1n) is 13.9. The lowest BCUT2D eigenvalue weighted by atomic mass is 9.77. The number of anilines is 1. The Kier molecular flexibility index (Phi) is 8.95. The number of carbonyl (C=O) groups excluding carboxylic acids is 1. The highest BCUT2D eigenvalue weighted by atomic mass is 16.7. The topological polar surface area (TPSA) is 83.2 Å². The van der Waals surface area contributed by atoms with Crippen LogP contribution in [0.2, 0.25) is 0 Å². The van der Waals surface area contributed by atoms with Gasteiger partial charge in [-0.15, -0.1) is 0 Å². The lowest BCUT2D eigenvalue weighted by molar-refractivity contribution is -0.670. The van der Waals surface area contributed by atoms with Crippen LogP contribution in [0.15, 0.2) is 54.9 Å². The van der Waals surface area contributed by atoms with Crippen molar-refractivity contribution in [3.05, 3.63) is 60.4 Å². The number of carboxylic acid groups (broad SMARTS) is 1. The van der Waals surface area contributed by atoms with Crippen LogP contribution in [0.25, 0.3) is 0 Å². The Labute approximate surface area is 231 Å². The number of aromatic nitrogens is 1. The predicted octanol–water partition coefficient (Wildman–Crippen LogP) is 4.53. The third-order valence-corrected chi connectivity index (χ3v) is 7.82. The van der Waals surface area contributed by atoms with Crippen molar-refractivity contribution in [2.24, 2.45) is 18.4 Å². The summed E-state index contributed by atoms with van der Waals surface area (Å²) in [6, 6.07) is 9.28. The Morgan fingerprint density at radius 3 is 2.69 bits per heavy atom. The van der Waals surface area contributed by atoms with Crippen molar-refractivity contribution in [3.63, 3.8) is 0 Å². The number of nitrogens with zero attached hydrogens (tertiary/aromatic N) is 3. The fourth-order valence-corrected chi connectivity index (χ4v) is 5.99. The van der Waals surface area contributed by atoms with Gasteiger partial charge in [-0.25, -0.2) is 4.57 Å². The van der Waals surface area contributed by atoms with Crippen LogP contribution in [-0.2, 0) is 16.6 Å². The number of fused-ring (bicyclic) bond motifs is 1. The minimum atomic E-state index is -0.841. The zero-order valence-electron chi connectivity index (χ0n) is 23.8. The van der Waals surface area contributed by atoms with E-state index in [1.54, 1.807) is 0 Å². The second kappa shape index (κ2) is 12.2.